The van der Waals surface area contributed by atoms with Crippen LogP contribution in [0, 0.1) is 13.8 Å². The van der Waals surface area contributed by atoms with Gasteiger partial charge < -0.3 is 13.7 Å². The maximum Gasteiger partial charge on any atom is 0.0541 e. The fourth-order valence-corrected chi connectivity index (χ4v) is 13.4. The van der Waals surface area contributed by atoms with Crippen LogP contribution in [0.1, 0.15) is 33.9 Å². The summed E-state index contributed by atoms with van der Waals surface area (Å²) in [5.41, 5.74) is 23.5. The predicted octanol–water partition coefficient (Wildman–Crippen LogP) is 20.1. The molecule has 1 aliphatic carbocycles. The monoisotopic (exact) mass is 1010 g/mol. The molecule has 0 bridgehead atoms. The van der Waals surface area contributed by atoms with Crippen molar-refractivity contribution in [1.29, 1.82) is 0 Å². The van der Waals surface area contributed by atoms with Crippen LogP contribution in [0.2, 0.25) is 0 Å². The first-order valence-electron chi connectivity index (χ1n) is 27.7. The zero-order valence-electron chi connectivity index (χ0n) is 44.0. The molecule has 1 unspecified atom stereocenters. The van der Waals surface area contributed by atoms with Crippen LogP contribution < -0.4 is 0 Å². The number of aromatic nitrogens is 3. The molecule has 372 valence electrons. The number of nitrogens with zero attached hydrogens (tertiary/aromatic N) is 3. The molecule has 3 aromatic heterocycles. The van der Waals surface area contributed by atoms with Gasteiger partial charge in [-0.1, -0.05) is 187 Å². The molecular formula is C76H53N3. The van der Waals surface area contributed by atoms with Gasteiger partial charge in [0.05, 0.1) is 27.6 Å². The lowest BCUT2D eigenvalue weighted by Gasteiger charge is -2.20. The fraction of sp³-hybridized carbons (Fsp3) is 0.0526. The van der Waals surface area contributed by atoms with Crippen molar-refractivity contribution in [1.82, 2.24) is 13.7 Å². The molecule has 0 saturated carbocycles. The Morgan fingerprint density at radius 1 is 0.304 bits per heavy atom. The Morgan fingerprint density at radius 3 is 1.25 bits per heavy atom. The Balaban J connectivity index is 0.857. The highest BCUT2D eigenvalue weighted by molar-refractivity contribution is 6.21. The number of allylic oxidation sites excluding steroid dienone is 1. The minimum absolute atomic E-state index is 0.209. The van der Waals surface area contributed by atoms with Gasteiger partial charge in [0, 0.05) is 55.6 Å². The average Bonchev–Trinajstić information content (AvgIpc) is 4.30. The third-order valence-electron chi connectivity index (χ3n) is 17.1. The summed E-state index contributed by atoms with van der Waals surface area (Å²) in [5, 5.41) is 11.4. The van der Waals surface area contributed by atoms with Crippen molar-refractivity contribution in [2.75, 3.05) is 0 Å². The number of rotatable bonds is 7. The largest absolute Gasteiger partial charge is 0.310 e. The Labute approximate surface area is 458 Å². The molecule has 0 amide bonds. The van der Waals surface area contributed by atoms with Crippen LogP contribution in [0.4, 0.5) is 0 Å². The zero-order valence-corrected chi connectivity index (χ0v) is 44.0. The number of benzene rings is 12. The van der Waals surface area contributed by atoms with E-state index in [1.165, 1.54) is 149 Å². The molecule has 3 heterocycles. The number of hydrogen-bond acceptors (Lipinski definition) is 0. The van der Waals surface area contributed by atoms with Crippen LogP contribution in [0.3, 0.4) is 0 Å². The van der Waals surface area contributed by atoms with Crippen molar-refractivity contribution < 1.29 is 0 Å². The van der Waals surface area contributed by atoms with Gasteiger partial charge in [0.25, 0.3) is 0 Å². The fourth-order valence-electron chi connectivity index (χ4n) is 13.4. The first-order valence-corrected chi connectivity index (χ1v) is 27.7. The molecule has 79 heavy (non-hydrogen) atoms. The molecule has 1 aliphatic rings. The molecule has 16 rings (SSSR count). The first-order chi connectivity index (χ1) is 39.0. The third kappa shape index (κ3) is 7.13. The van der Waals surface area contributed by atoms with E-state index >= 15 is 0 Å². The van der Waals surface area contributed by atoms with Crippen LogP contribution in [0.15, 0.2) is 261 Å². The zero-order chi connectivity index (χ0) is 52.3. The lowest BCUT2D eigenvalue weighted by atomic mass is 9.86. The molecule has 0 spiro atoms. The van der Waals surface area contributed by atoms with Gasteiger partial charge in [-0.05, 0) is 177 Å². The smallest absolute Gasteiger partial charge is 0.0541 e. The van der Waals surface area contributed by atoms with Crippen molar-refractivity contribution in [3.05, 3.63) is 289 Å². The van der Waals surface area contributed by atoms with Crippen LogP contribution in [-0.4, -0.2) is 13.7 Å². The number of hydrogen-bond donors (Lipinski definition) is 0. The van der Waals surface area contributed by atoms with Crippen molar-refractivity contribution >= 4 is 82.1 Å². The SMILES string of the molecule is Cc1ccc(-n2c3c(c4ccccc42)CC(c2ccc4c(c2)c2cc(-c5ccc6c(c5)c5ccccc5n6-c5ccc(C)cc5)ccc2n4-c2ccc(-c4c5ccccc5c(-c5ccccc5)c5ccccc45)cc2)C=C3)cc1. The normalized spacial score (nSPS) is 13.5. The summed E-state index contributed by atoms with van der Waals surface area (Å²) in [6.07, 6.45) is 5.75. The van der Waals surface area contributed by atoms with Gasteiger partial charge in [-0.15, -0.1) is 0 Å². The summed E-state index contributed by atoms with van der Waals surface area (Å²) in [4.78, 5) is 0. The van der Waals surface area contributed by atoms with Gasteiger partial charge in [0.1, 0.15) is 0 Å². The molecule has 0 fully saturated rings. The van der Waals surface area contributed by atoms with Crippen LogP contribution in [0.25, 0.3) is 133 Å². The Kier molecular flexibility index (Phi) is 10.2. The van der Waals surface area contributed by atoms with E-state index < -0.39 is 0 Å². The molecule has 0 N–H and O–H groups in total. The molecule has 12 aromatic carbocycles. The summed E-state index contributed by atoms with van der Waals surface area (Å²) in [7, 11) is 0. The van der Waals surface area contributed by atoms with Gasteiger partial charge in [-0.3, -0.25) is 0 Å². The van der Waals surface area contributed by atoms with Crippen LogP contribution in [0.5, 0.6) is 0 Å². The summed E-state index contributed by atoms with van der Waals surface area (Å²) < 4.78 is 7.34. The van der Waals surface area contributed by atoms with E-state index in [-0.39, 0.29) is 5.92 Å². The van der Waals surface area contributed by atoms with E-state index in [1.807, 2.05) is 0 Å². The van der Waals surface area contributed by atoms with Crippen LogP contribution >= 0.6 is 0 Å². The predicted molar refractivity (Wildman–Crippen MR) is 335 cm³/mol. The standard InChI is InChI=1S/C76H53N3/c1-48-24-34-56(35-25-48)77-69-22-12-10-16-59(69)65-44-52(30-40-71(65)77)54-32-42-73-67(46-54)68-47-55(53-31-41-72-66(45-53)60-17-11-13-23-70(60)78(72)57-36-26-49(2)27-37-57)33-43-74(68)79(73)58-38-28-51(29-39-58)76-63-20-8-6-18-61(63)75(50-14-4-3-5-15-50)62-19-7-9-21-64(62)76/h3-44,46-47,53H,45H2,1-2H3. The molecule has 0 saturated heterocycles. The van der Waals surface area contributed by atoms with Gasteiger partial charge in [0.2, 0.25) is 0 Å². The van der Waals surface area contributed by atoms with Crippen LogP contribution in [-0.2, 0) is 6.42 Å². The van der Waals surface area contributed by atoms with Crippen molar-refractivity contribution in [2.45, 2.75) is 26.2 Å². The summed E-state index contributed by atoms with van der Waals surface area (Å²) in [6, 6.07) is 95.1. The maximum absolute atomic E-state index is 2.50. The van der Waals surface area contributed by atoms with Crippen molar-refractivity contribution in [3.63, 3.8) is 0 Å². The molecular weight excluding hydrogens is 955 g/mol. The third-order valence-corrected chi connectivity index (χ3v) is 17.1. The molecule has 0 aliphatic heterocycles. The van der Waals surface area contributed by atoms with Gasteiger partial charge in [-0.2, -0.15) is 0 Å². The highest BCUT2D eigenvalue weighted by Crippen LogP contribution is 2.46. The van der Waals surface area contributed by atoms with Gasteiger partial charge in [-0.25, -0.2) is 0 Å². The van der Waals surface area contributed by atoms with Gasteiger partial charge in [0.15, 0.2) is 0 Å². The van der Waals surface area contributed by atoms with E-state index in [9.17, 15) is 0 Å². The average molecular weight is 1010 g/mol. The molecule has 1 atom stereocenters. The lowest BCUT2D eigenvalue weighted by Crippen LogP contribution is -2.07. The van der Waals surface area contributed by atoms with Crippen molar-refractivity contribution in [2.24, 2.45) is 0 Å². The Morgan fingerprint density at radius 2 is 0.696 bits per heavy atom. The second-order valence-electron chi connectivity index (χ2n) is 21.7. The second kappa shape index (κ2) is 17.8. The van der Waals surface area contributed by atoms with Gasteiger partial charge >= 0.3 is 0 Å². The minimum Gasteiger partial charge on any atom is -0.310 e. The van der Waals surface area contributed by atoms with E-state index in [2.05, 4.69) is 294 Å². The minimum atomic E-state index is 0.209. The number of fused-ring (bicyclic) bond motifs is 11. The number of aryl methyl sites for hydroxylation is 2. The molecule has 0 radical (unpaired) electrons. The molecule has 3 nitrogen and oxygen atoms in total. The lowest BCUT2D eigenvalue weighted by molar-refractivity contribution is 0.826. The van der Waals surface area contributed by atoms with E-state index in [4.69, 9.17) is 0 Å². The van der Waals surface area contributed by atoms with E-state index in [1.54, 1.807) is 0 Å². The summed E-state index contributed by atoms with van der Waals surface area (Å²) in [5.74, 6) is 0.209. The Hall–Kier alpha value is -9.96. The second-order valence-corrected chi connectivity index (χ2v) is 21.7. The van der Waals surface area contributed by atoms with E-state index in [0.717, 1.165) is 12.1 Å². The van der Waals surface area contributed by atoms with Crippen molar-refractivity contribution in [3.8, 4) is 50.4 Å². The highest BCUT2D eigenvalue weighted by Gasteiger charge is 2.26. The summed E-state index contributed by atoms with van der Waals surface area (Å²) in [6.45, 7) is 4.31. The number of para-hydroxylation sites is 2. The van der Waals surface area contributed by atoms with E-state index in [0.29, 0.717) is 0 Å². The highest BCUT2D eigenvalue weighted by atomic mass is 15.0. The first kappa shape index (κ1) is 45.3. The summed E-state index contributed by atoms with van der Waals surface area (Å²) >= 11 is 0. The maximum atomic E-state index is 2.50. The Bertz CT molecular complexity index is 4910. The quantitative estimate of drug-likeness (QED) is 0.141. The molecule has 15 aromatic rings. The molecule has 3 heteroatoms. The topological polar surface area (TPSA) is 14.8 Å².